The number of aliphatic hydroxyl groups excluding tert-OH is 1. The van der Waals surface area contributed by atoms with E-state index in [1.54, 1.807) is 32.9 Å². The Balaban J connectivity index is 2.88. The molecule has 0 saturated carbocycles. The van der Waals surface area contributed by atoms with Gasteiger partial charge >= 0.3 is 11.9 Å². The topological polar surface area (TPSA) is 113 Å². The summed E-state index contributed by atoms with van der Waals surface area (Å²) in [6.07, 6.45) is 2.23. The molecule has 0 aliphatic heterocycles. The van der Waals surface area contributed by atoms with Crippen molar-refractivity contribution in [2.24, 2.45) is 5.92 Å². The van der Waals surface area contributed by atoms with Gasteiger partial charge < -0.3 is 24.8 Å². The molecular weight excluding hydrogens is 352 g/mol. The molecule has 7 nitrogen and oxygen atoms in total. The molecule has 1 rings (SSSR count). The number of carbonyl (C=O) groups excluding carboxylic acids is 2. The Labute approximate surface area is 159 Å². The van der Waals surface area contributed by atoms with E-state index in [1.807, 2.05) is 6.92 Å². The lowest BCUT2D eigenvalue weighted by molar-refractivity contribution is -0.150. The molecule has 0 radical (unpaired) electrons. The van der Waals surface area contributed by atoms with Gasteiger partial charge in [-0.15, -0.1) is 0 Å². The Bertz CT molecular complexity index is 696. The van der Waals surface area contributed by atoms with Crippen molar-refractivity contribution in [2.45, 2.75) is 46.3 Å². The van der Waals surface area contributed by atoms with Crippen LogP contribution in [0, 0.1) is 5.92 Å². The lowest BCUT2D eigenvalue weighted by atomic mass is 9.93. The number of rotatable bonds is 9. The molecular formula is C20H28O7. The number of benzene rings is 1. The van der Waals surface area contributed by atoms with Crippen LogP contribution in [0.2, 0.25) is 0 Å². The molecule has 0 aromatic heterocycles. The van der Waals surface area contributed by atoms with Crippen molar-refractivity contribution in [3.05, 3.63) is 41.0 Å². The van der Waals surface area contributed by atoms with Gasteiger partial charge in [0, 0.05) is 11.1 Å². The van der Waals surface area contributed by atoms with Crippen LogP contribution < -0.4 is 0 Å². The van der Waals surface area contributed by atoms with Gasteiger partial charge in [-0.2, -0.15) is 0 Å². The van der Waals surface area contributed by atoms with Crippen LogP contribution in [-0.2, 0) is 31.3 Å². The van der Waals surface area contributed by atoms with Crippen molar-refractivity contribution >= 4 is 11.9 Å². The molecule has 0 aliphatic carbocycles. The molecule has 0 fully saturated rings. The van der Waals surface area contributed by atoms with Crippen LogP contribution in [0.3, 0.4) is 0 Å². The minimum atomic E-state index is -1.96. The molecule has 0 bridgehead atoms. The molecule has 1 aromatic rings. The van der Waals surface area contributed by atoms with Crippen molar-refractivity contribution in [3.63, 3.8) is 0 Å². The molecule has 150 valence electrons. The highest BCUT2D eigenvalue weighted by Gasteiger charge is 2.33. The van der Waals surface area contributed by atoms with Gasteiger partial charge in [0.25, 0.3) is 0 Å². The van der Waals surface area contributed by atoms with E-state index in [0.717, 1.165) is 0 Å². The summed E-state index contributed by atoms with van der Waals surface area (Å²) >= 11 is 0. The highest BCUT2D eigenvalue weighted by molar-refractivity contribution is 5.87. The first-order valence-corrected chi connectivity index (χ1v) is 8.80. The summed E-state index contributed by atoms with van der Waals surface area (Å²) in [5.74, 6) is -1.48. The van der Waals surface area contributed by atoms with Gasteiger partial charge in [-0.1, -0.05) is 32.1 Å². The molecule has 27 heavy (non-hydrogen) atoms. The summed E-state index contributed by atoms with van der Waals surface area (Å²) in [6.45, 7) is 5.58. The smallest absolute Gasteiger partial charge is 0.333 e. The highest BCUT2D eigenvalue weighted by Crippen LogP contribution is 2.31. The Kier molecular flexibility index (Phi) is 8.46. The fourth-order valence-corrected chi connectivity index (χ4v) is 2.15. The van der Waals surface area contributed by atoms with E-state index in [2.05, 4.69) is 0 Å². The number of allylic oxidation sites excluding steroid dienone is 1. The van der Waals surface area contributed by atoms with Gasteiger partial charge in [0.1, 0.15) is 24.6 Å². The number of aliphatic hydroxyl groups is 2. The number of hydrogen-bond acceptors (Lipinski definition) is 7. The zero-order valence-corrected chi connectivity index (χ0v) is 16.2. The summed E-state index contributed by atoms with van der Waals surface area (Å²) in [6, 6.07) is 4.28. The third kappa shape index (κ3) is 6.08. The second-order valence-electron chi connectivity index (χ2n) is 6.51. The minimum Gasteiger partial charge on any atom is -0.508 e. The van der Waals surface area contributed by atoms with E-state index in [9.17, 15) is 24.9 Å². The third-order valence-electron chi connectivity index (χ3n) is 4.42. The molecule has 7 heteroatoms. The molecule has 2 atom stereocenters. The quantitative estimate of drug-likeness (QED) is 0.444. The monoisotopic (exact) mass is 380 g/mol. The van der Waals surface area contributed by atoms with Gasteiger partial charge in [0.15, 0.2) is 0 Å². The Morgan fingerprint density at radius 3 is 2.48 bits per heavy atom. The summed E-state index contributed by atoms with van der Waals surface area (Å²) in [4.78, 5) is 23.5. The van der Waals surface area contributed by atoms with E-state index >= 15 is 0 Å². The molecule has 0 amide bonds. The predicted octanol–water partition coefficient (Wildman–Crippen LogP) is 2.17. The van der Waals surface area contributed by atoms with Crippen LogP contribution >= 0.6 is 0 Å². The van der Waals surface area contributed by atoms with Crippen LogP contribution in [0.15, 0.2) is 29.8 Å². The number of aromatic hydroxyl groups is 1. The SMILES string of the molecule is CC=C(C)C(=O)OC[C@](O)(CO)c1ccc(COC(=O)[C@H](C)CC)cc1O. The van der Waals surface area contributed by atoms with Gasteiger partial charge in [-0.05, 0) is 31.9 Å². The molecule has 0 unspecified atom stereocenters. The van der Waals surface area contributed by atoms with E-state index in [1.165, 1.54) is 12.1 Å². The summed E-state index contributed by atoms with van der Waals surface area (Å²) in [5.41, 5.74) is -1.07. The first kappa shape index (κ1) is 22.7. The molecule has 3 N–H and O–H groups in total. The van der Waals surface area contributed by atoms with Crippen LogP contribution in [0.5, 0.6) is 5.75 Å². The first-order valence-electron chi connectivity index (χ1n) is 8.80. The van der Waals surface area contributed by atoms with E-state index in [0.29, 0.717) is 17.6 Å². The van der Waals surface area contributed by atoms with Crippen molar-refractivity contribution in [3.8, 4) is 5.75 Å². The number of phenols is 1. The van der Waals surface area contributed by atoms with Crippen LogP contribution in [-0.4, -0.2) is 40.5 Å². The van der Waals surface area contributed by atoms with E-state index < -0.39 is 24.8 Å². The fraction of sp³-hybridized carbons (Fsp3) is 0.500. The Morgan fingerprint density at radius 2 is 1.96 bits per heavy atom. The standard InChI is InChI=1S/C20H28O7/c1-5-13(3)18(23)26-10-15-7-8-16(17(22)9-15)20(25,11-21)12-27-19(24)14(4)6-2/h6-9,13,21-22,25H,5,10-12H2,1-4H3/t13-,20-/m1/s1. The van der Waals surface area contributed by atoms with E-state index in [-0.39, 0.29) is 29.8 Å². The molecule has 0 aliphatic rings. The number of ether oxygens (including phenoxy) is 2. The second kappa shape index (κ2) is 10.1. The highest BCUT2D eigenvalue weighted by atomic mass is 16.5. The lowest BCUT2D eigenvalue weighted by Crippen LogP contribution is -2.37. The van der Waals surface area contributed by atoms with Crippen molar-refractivity contribution in [1.82, 2.24) is 0 Å². The van der Waals surface area contributed by atoms with Crippen LogP contribution in [0.25, 0.3) is 0 Å². The maximum Gasteiger partial charge on any atom is 0.333 e. The average molecular weight is 380 g/mol. The molecule has 0 spiro atoms. The van der Waals surface area contributed by atoms with Gasteiger partial charge in [0.05, 0.1) is 12.5 Å². The zero-order chi connectivity index (χ0) is 20.6. The van der Waals surface area contributed by atoms with Crippen molar-refractivity contribution in [2.75, 3.05) is 13.2 Å². The minimum absolute atomic E-state index is 0.00735. The summed E-state index contributed by atoms with van der Waals surface area (Å²) < 4.78 is 10.2. The maximum atomic E-state index is 11.7. The largest absolute Gasteiger partial charge is 0.508 e. The Hall–Kier alpha value is -2.38. The second-order valence-corrected chi connectivity index (χ2v) is 6.51. The average Bonchev–Trinajstić information content (AvgIpc) is 2.68. The van der Waals surface area contributed by atoms with E-state index in [4.69, 9.17) is 9.47 Å². The van der Waals surface area contributed by atoms with Crippen molar-refractivity contribution < 1.29 is 34.4 Å². The summed E-state index contributed by atoms with van der Waals surface area (Å²) in [7, 11) is 0. The van der Waals surface area contributed by atoms with Gasteiger partial charge in [0.2, 0.25) is 0 Å². The molecule has 1 aromatic carbocycles. The number of phenolic OH excluding ortho intramolecular Hbond substituents is 1. The predicted molar refractivity (Wildman–Crippen MR) is 98.7 cm³/mol. The third-order valence-corrected chi connectivity index (χ3v) is 4.42. The van der Waals surface area contributed by atoms with Crippen LogP contribution in [0.1, 0.15) is 45.2 Å². The Morgan fingerprint density at radius 1 is 1.30 bits per heavy atom. The van der Waals surface area contributed by atoms with Crippen LogP contribution in [0.4, 0.5) is 0 Å². The molecule has 0 heterocycles. The molecule has 0 saturated heterocycles. The first-order chi connectivity index (χ1) is 12.7. The number of hydrogen-bond donors (Lipinski definition) is 3. The normalized spacial score (nSPS) is 15.0. The van der Waals surface area contributed by atoms with Gasteiger partial charge in [-0.25, -0.2) is 4.79 Å². The lowest BCUT2D eigenvalue weighted by Gasteiger charge is -2.27. The van der Waals surface area contributed by atoms with Crippen molar-refractivity contribution in [1.29, 1.82) is 0 Å². The zero-order valence-electron chi connectivity index (χ0n) is 16.2. The fourth-order valence-electron chi connectivity index (χ4n) is 2.15. The summed E-state index contributed by atoms with van der Waals surface area (Å²) in [5, 5.41) is 30.4. The number of esters is 2. The number of carbonyl (C=O) groups is 2. The maximum absolute atomic E-state index is 11.7. The van der Waals surface area contributed by atoms with Gasteiger partial charge in [-0.3, -0.25) is 4.79 Å².